The number of hydrogen-bond donors (Lipinski definition) is 1. The first-order valence-electron chi connectivity index (χ1n) is 7.45. The van der Waals surface area contributed by atoms with E-state index >= 15 is 0 Å². The van der Waals surface area contributed by atoms with Crippen LogP contribution in [0.25, 0.3) is 0 Å². The van der Waals surface area contributed by atoms with Crippen LogP contribution in [0.5, 0.6) is 0 Å². The van der Waals surface area contributed by atoms with Gasteiger partial charge in [-0.1, -0.05) is 0 Å². The second kappa shape index (κ2) is 6.72. The molecule has 100 valence electrons. The minimum absolute atomic E-state index is 0.681. The normalized spacial score (nSPS) is 26.5. The molecule has 0 amide bonds. The summed E-state index contributed by atoms with van der Waals surface area (Å²) >= 11 is 0. The molecule has 0 saturated carbocycles. The van der Waals surface area contributed by atoms with Gasteiger partial charge in [0.05, 0.1) is 0 Å². The molecule has 2 rings (SSSR count). The SMILES string of the molecule is CC(C)N(CCN1CCCC1)CC1CCCN1. The van der Waals surface area contributed by atoms with Crippen LogP contribution in [0.4, 0.5) is 0 Å². The molecule has 2 fully saturated rings. The molecule has 3 heteroatoms. The van der Waals surface area contributed by atoms with Gasteiger partial charge in [-0.15, -0.1) is 0 Å². The number of likely N-dealkylation sites (tertiary alicyclic amines) is 1. The highest BCUT2D eigenvalue weighted by molar-refractivity contribution is 4.80. The predicted octanol–water partition coefficient (Wildman–Crippen LogP) is 1.54. The van der Waals surface area contributed by atoms with E-state index in [0.29, 0.717) is 6.04 Å². The van der Waals surface area contributed by atoms with Crippen molar-refractivity contribution in [2.75, 3.05) is 39.3 Å². The fourth-order valence-corrected chi connectivity index (χ4v) is 3.03. The van der Waals surface area contributed by atoms with Crippen LogP contribution in [-0.4, -0.2) is 61.2 Å². The van der Waals surface area contributed by atoms with Crippen LogP contribution in [0.15, 0.2) is 0 Å². The third kappa shape index (κ3) is 4.23. The first kappa shape index (κ1) is 13.3. The predicted molar refractivity (Wildman–Crippen MR) is 73.4 cm³/mol. The van der Waals surface area contributed by atoms with Gasteiger partial charge < -0.3 is 10.2 Å². The molecule has 0 spiro atoms. The van der Waals surface area contributed by atoms with E-state index in [1.54, 1.807) is 0 Å². The van der Waals surface area contributed by atoms with E-state index in [0.717, 1.165) is 6.04 Å². The van der Waals surface area contributed by atoms with Gasteiger partial charge in [0.1, 0.15) is 0 Å². The number of rotatable bonds is 6. The first-order valence-corrected chi connectivity index (χ1v) is 7.45. The van der Waals surface area contributed by atoms with Crippen LogP contribution in [0.1, 0.15) is 39.5 Å². The van der Waals surface area contributed by atoms with E-state index in [2.05, 4.69) is 29.0 Å². The first-order chi connectivity index (χ1) is 8.25. The fourth-order valence-electron chi connectivity index (χ4n) is 3.03. The van der Waals surface area contributed by atoms with Crippen LogP contribution in [0.2, 0.25) is 0 Å². The van der Waals surface area contributed by atoms with Gasteiger partial charge in [0, 0.05) is 31.7 Å². The highest BCUT2D eigenvalue weighted by atomic mass is 15.2. The standard InChI is InChI=1S/C14H29N3/c1-13(2)17(12-14-6-5-7-15-14)11-10-16-8-3-4-9-16/h13-15H,3-12H2,1-2H3. The van der Waals surface area contributed by atoms with Crippen molar-refractivity contribution in [1.82, 2.24) is 15.1 Å². The average Bonchev–Trinajstić information content (AvgIpc) is 2.97. The van der Waals surface area contributed by atoms with Crippen molar-refractivity contribution in [2.45, 2.75) is 51.6 Å². The molecule has 0 radical (unpaired) electrons. The minimum Gasteiger partial charge on any atom is -0.313 e. The fraction of sp³-hybridized carbons (Fsp3) is 1.00. The van der Waals surface area contributed by atoms with Gasteiger partial charge in [-0.3, -0.25) is 4.90 Å². The van der Waals surface area contributed by atoms with Crippen molar-refractivity contribution in [1.29, 1.82) is 0 Å². The van der Waals surface area contributed by atoms with Gasteiger partial charge in [0.2, 0.25) is 0 Å². The summed E-state index contributed by atoms with van der Waals surface area (Å²) in [5.74, 6) is 0. The zero-order chi connectivity index (χ0) is 12.1. The van der Waals surface area contributed by atoms with Crippen molar-refractivity contribution in [3.63, 3.8) is 0 Å². The Morgan fingerprint density at radius 1 is 1.24 bits per heavy atom. The van der Waals surface area contributed by atoms with Crippen LogP contribution in [0, 0.1) is 0 Å². The van der Waals surface area contributed by atoms with Crippen LogP contribution < -0.4 is 5.32 Å². The Labute approximate surface area is 107 Å². The molecule has 0 aromatic carbocycles. The summed E-state index contributed by atoms with van der Waals surface area (Å²) < 4.78 is 0. The van der Waals surface area contributed by atoms with E-state index in [1.807, 2.05) is 0 Å². The Hall–Kier alpha value is -0.120. The molecule has 2 saturated heterocycles. The summed E-state index contributed by atoms with van der Waals surface area (Å²) in [4.78, 5) is 5.28. The second-order valence-electron chi connectivity index (χ2n) is 5.93. The highest BCUT2D eigenvalue weighted by Crippen LogP contribution is 2.11. The zero-order valence-electron chi connectivity index (χ0n) is 11.6. The third-order valence-corrected chi connectivity index (χ3v) is 4.25. The van der Waals surface area contributed by atoms with E-state index in [1.165, 1.54) is 65.0 Å². The molecule has 2 aliphatic heterocycles. The van der Waals surface area contributed by atoms with Gasteiger partial charge in [-0.25, -0.2) is 0 Å². The lowest BCUT2D eigenvalue weighted by molar-refractivity contribution is 0.175. The number of hydrogen-bond acceptors (Lipinski definition) is 3. The molecule has 1 N–H and O–H groups in total. The van der Waals surface area contributed by atoms with Crippen molar-refractivity contribution in [3.8, 4) is 0 Å². The number of nitrogens with zero attached hydrogens (tertiary/aromatic N) is 2. The molecule has 0 aliphatic carbocycles. The molecular weight excluding hydrogens is 210 g/mol. The quantitative estimate of drug-likeness (QED) is 0.758. The van der Waals surface area contributed by atoms with Gasteiger partial charge >= 0.3 is 0 Å². The molecule has 17 heavy (non-hydrogen) atoms. The molecule has 0 aromatic rings. The lowest BCUT2D eigenvalue weighted by Crippen LogP contribution is -2.44. The number of nitrogens with one attached hydrogen (secondary N) is 1. The molecular formula is C14H29N3. The summed E-state index contributed by atoms with van der Waals surface area (Å²) in [7, 11) is 0. The summed E-state index contributed by atoms with van der Waals surface area (Å²) in [6.45, 7) is 12.3. The molecule has 1 atom stereocenters. The highest BCUT2D eigenvalue weighted by Gasteiger charge is 2.20. The summed E-state index contributed by atoms with van der Waals surface area (Å²) in [6, 6.07) is 1.43. The van der Waals surface area contributed by atoms with Crippen LogP contribution in [-0.2, 0) is 0 Å². The smallest absolute Gasteiger partial charge is 0.0195 e. The monoisotopic (exact) mass is 239 g/mol. The maximum Gasteiger partial charge on any atom is 0.0195 e. The molecule has 2 heterocycles. The Balaban J connectivity index is 1.71. The van der Waals surface area contributed by atoms with Crippen molar-refractivity contribution in [2.24, 2.45) is 0 Å². The van der Waals surface area contributed by atoms with Gasteiger partial charge in [0.25, 0.3) is 0 Å². The Morgan fingerprint density at radius 2 is 2.00 bits per heavy atom. The van der Waals surface area contributed by atoms with E-state index in [4.69, 9.17) is 0 Å². The van der Waals surface area contributed by atoms with Crippen LogP contribution >= 0.6 is 0 Å². The summed E-state index contributed by atoms with van der Waals surface area (Å²) in [5, 5.41) is 3.61. The molecule has 3 nitrogen and oxygen atoms in total. The Morgan fingerprint density at radius 3 is 2.59 bits per heavy atom. The van der Waals surface area contributed by atoms with Crippen LogP contribution in [0.3, 0.4) is 0 Å². The largest absolute Gasteiger partial charge is 0.313 e. The second-order valence-corrected chi connectivity index (χ2v) is 5.93. The van der Waals surface area contributed by atoms with Gasteiger partial charge in [-0.05, 0) is 59.2 Å². The van der Waals surface area contributed by atoms with Gasteiger partial charge in [0.15, 0.2) is 0 Å². The molecule has 2 aliphatic rings. The summed E-state index contributed by atoms with van der Waals surface area (Å²) in [6.07, 6.45) is 5.55. The van der Waals surface area contributed by atoms with Crippen molar-refractivity contribution >= 4 is 0 Å². The van der Waals surface area contributed by atoms with Gasteiger partial charge in [-0.2, -0.15) is 0 Å². The summed E-state index contributed by atoms with van der Waals surface area (Å²) in [5.41, 5.74) is 0. The maximum absolute atomic E-state index is 3.61. The van der Waals surface area contributed by atoms with Crippen molar-refractivity contribution < 1.29 is 0 Å². The Kier molecular flexibility index (Phi) is 5.26. The average molecular weight is 239 g/mol. The molecule has 1 unspecified atom stereocenters. The topological polar surface area (TPSA) is 18.5 Å². The molecule has 0 bridgehead atoms. The maximum atomic E-state index is 3.61. The zero-order valence-corrected chi connectivity index (χ0v) is 11.6. The van der Waals surface area contributed by atoms with E-state index < -0.39 is 0 Å². The molecule has 0 aromatic heterocycles. The van der Waals surface area contributed by atoms with Crippen molar-refractivity contribution in [3.05, 3.63) is 0 Å². The van der Waals surface area contributed by atoms with E-state index in [-0.39, 0.29) is 0 Å². The lowest BCUT2D eigenvalue weighted by atomic mass is 10.2. The third-order valence-electron chi connectivity index (χ3n) is 4.25. The lowest BCUT2D eigenvalue weighted by Gasteiger charge is -2.31. The minimum atomic E-state index is 0.681. The van der Waals surface area contributed by atoms with E-state index in [9.17, 15) is 0 Å². The Bertz CT molecular complexity index is 206.